The van der Waals surface area contributed by atoms with Crippen molar-refractivity contribution in [1.29, 1.82) is 0 Å². The molecule has 8 heteroatoms. The van der Waals surface area contributed by atoms with Gasteiger partial charge in [-0.1, -0.05) is 17.7 Å². The molecule has 2 aliphatic heterocycles. The van der Waals surface area contributed by atoms with Gasteiger partial charge in [-0.3, -0.25) is 14.7 Å². The van der Waals surface area contributed by atoms with E-state index in [4.69, 9.17) is 16.6 Å². The van der Waals surface area contributed by atoms with Crippen LogP contribution in [0, 0.1) is 5.92 Å². The number of carbonyl (C=O) groups is 1. The number of amides is 1. The van der Waals surface area contributed by atoms with Gasteiger partial charge < -0.3 is 15.2 Å². The van der Waals surface area contributed by atoms with Gasteiger partial charge in [-0.05, 0) is 68.8 Å². The van der Waals surface area contributed by atoms with Crippen molar-refractivity contribution < 1.29 is 4.79 Å². The molecule has 0 bridgehead atoms. The van der Waals surface area contributed by atoms with Gasteiger partial charge in [0.15, 0.2) is 0 Å². The van der Waals surface area contributed by atoms with E-state index in [2.05, 4.69) is 37.2 Å². The molecule has 2 N–H and O–H groups in total. The number of carbonyl (C=O) groups excluding carboxylic acids is 1. The predicted molar refractivity (Wildman–Crippen MR) is 136 cm³/mol. The number of halogens is 1. The highest BCUT2D eigenvalue weighted by atomic mass is 35.5. The van der Waals surface area contributed by atoms with Gasteiger partial charge >= 0.3 is 0 Å². The number of hydrogen-bond donors (Lipinski definition) is 2. The molecule has 0 radical (unpaired) electrons. The summed E-state index contributed by atoms with van der Waals surface area (Å²) in [6.07, 6.45) is 9.26. The van der Waals surface area contributed by atoms with E-state index in [1.54, 1.807) is 0 Å². The Morgan fingerprint density at radius 2 is 1.94 bits per heavy atom. The van der Waals surface area contributed by atoms with E-state index < -0.39 is 0 Å². The molecule has 2 fully saturated rings. The minimum Gasteiger partial charge on any atom is -0.371 e. The normalized spacial score (nSPS) is 20.0. The zero-order chi connectivity index (χ0) is 23.3. The Bertz CT molecular complexity index is 1100. The fourth-order valence-electron chi connectivity index (χ4n) is 5.34. The van der Waals surface area contributed by atoms with E-state index >= 15 is 0 Å². The van der Waals surface area contributed by atoms with Gasteiger partial charge in [-0.2, -0.15) is 0 Å². The molecule has 7 nitrogen and oxygen atoms in total. The smallest absolute Gasteiger partial charge is 0.234 e. The summed E-state index contributed by atoms with van der Waals surface area (Å²) < 4.78 is 0. The highest BCUT2D eigenvalue weighted by Crippen LogP contribution is 2.29. The molecule has 1 amide bonds. The quantitative estimate of drug-likeness (QED) is 0.529. The number of pyridine rings is 1. The van der Waals surface area contributed by atoms with Crippen LogP contribution in [0.25, 0.3) is 11.0 Å². The number of likely N-dealkylation sites (tertiary alicyclic amines) is 1. The van der Waals surface area contributed by atoms with E-state index in [0.29, 0.717) is 23.4 Å². The number of H-pyrrole nitrogens is 1. The Labute approximate surface area is 205 Å². The third-order valence-electron chi connectivity index (χ3n) is 7.26. The third-order valence-corrected chi connectivity index (χ3v) is 7.56. The number of nitrogens with one attached hydrogen (secondary N) is 2. The minimum absolute atomic E-state index is 0.127. The second-order valence-corrected chi connectivity index (χ2v) is 10.0. The van der Waals surface area contributed by atoms with Gasteiger partial charge in [0.05, 0.1) is 17.1 Å². The Kier molecular flexibility index (Phi) is 7.30. The number of benzene rings is 1. The van der Waals surface area contributed by atoms with Crippen molar-refractivity contribution in [2.24, 2.45) is 5.92 Å². The molecular weight excluding hydrogens is 448 g/mol. The van der Waals surface area contributed by atoms with Crippen LogP contribution in [0.2, 0.25) is 5.02 Å². The number of anilines is 1. The molecule has 3 aromatic rings. The van der Waals surface area contributed by atoms with Crippen molar-refractivity contribution in [3.63, 3.8) is 0 Å². The van der Waals surface area contributed by atoms with Crippen molar-refractivity contribution in [1.82, 2.24) is 25.2 Å². The van der Waals surface area contributed by atoms with E-state index in [-0.39, 0.29) is 5.91 Å². The second-order valence-electron chi connectivity index (χ2n) is 9.61. The summed E-state index contributed by atoms with van der Waals surface area (Å²) in [5.74, 6) is 2.09. The van der Waals surface area contributed by atoms with Gasteiger partial charge in [-0.15, -0.1) is 0 Å². The van der Waals surface area contributed by atoms with Crippen molar-refractivity contribution in [2.45, 2.75) is 38.0 Å². The summed E-state index contributed by atoms with van der Waals surface area (Å²) in [7, 11) is 0. The molecule has 4 heterocycles. The maximum atomic E-state index is 12.6. The van der Waals surface area contributed by atoms with E-state index in [1.807, 2.05) is 30.6 Å². The van der Waals surface area contributed by atoms with Crippen molar-refractivity contribution in [3.8, 4) is 0 Å². The molecule has 0 aliphatic carbocycles. The monoisotopic (exact) mass is 480 g/mol. The Hall–Kier alpha value is -2.64. The van der Waals surface area contributed by atoms with Crippen LogP contribution in [0.1, 0.15) is 43.8 Å². The SMILES string of the molecule is O=C(CN1CCCC(c2nc3c(Cl)cccc3[nH]2)C1)NCCC1CCN(c2ccncc2)CC1. The molecule has 1 aromatic carbocycles. The number of hydrogen-bond acceptors (Lipinski definition) is 5. The summed E-state index contributed by atoms with van der Waals surface area (Å²) in [5, 5.41) is 3.84. The number of imidazole rings is 1. The number of fused-ring (bicyclic) bond motifs is 1. The van der Waals surface area contributed by atoms with E-state index in [9.17, 15) is 4.79 Å². The predicted octanol–water partition coefficient (Wildman–Crippen LogP) is 4.21. The first-order valence-electron chi connectivity index (χ1n) is 12.4. The average molecular weight is 481 g/mol. The fraction of sp³-hybridized carbons (Fsp3) is 0.500. The first-order chi connectivity index (χ1) is 16.7. The summed E-state index contributed by atoms with van der Waals surface area (Å²) in [6, 6.07) is 9.98. The molecule has 0 spiro atoms. The Morgan fingerprint density at radius 1 is 1.12 bits per heavy atom. The minimum atomic E-state index is 0.127. The van der Waals surface area contributed by atoms with Gasteiger partial charge in [-0.25, -0.2) is 4.98 Å². The summed E-state index contributed by atoms with van der Waals surface area (Å²) >= 11 is 6.30. The standard InChI is InChI=1S/C26H33ClN6O/c27-22-4-1-5-23-25(22)31-26(30-23)20-3-2-14-32(17-20)18-24(34)29-13-6-19-9-15-33(16-10-19)21-7-11-28-12-8-21/h1,4-5,7-8,11-12,19-20H,2-3,6,9-10,13-18H2,(H,29,34)(H,30,31). The lowest BCUT2D eigenvalue weighted by Crippen LogP contribution is -2.42. The molecule has 0 saturated carbocycles. The van der Waals surface area contributed by atoms with Crippen molar-refractivity contribution >= 4 is 34.2 Å². The largest absolute Gasteiger partial charge is 0.371 e. The highest BCUT2D eigenvalue weighted by molar-refractivity contribution is 6.34. The van der Waals surface area contributed by atoms with Gasteiger partial charge in [0.25, 0.3) is 0 Å². The molecule has 5 rings (SSSR count). The summed E-state index contributed by atoms with van der Waals surface area (Å²) in [4.78, 5) is 29.6. The number of para-hydroxylation sites is 1. The van der Waals surface area contributed by atoms with Crippen LogP contribution >= 0.6 is 11.6 Å². The highest BCUT2D eigenvalue weighted by Gasteiger charge is 2.25. The molecule has 180 valence electrons. The molecular formula is C26H33ClN6O. The van der Waals surface area contributed by atoms with Crippen molar-refractivity contribution in [3.05, 3.63) is 53.6 Å². The van der Waals surface area contributed by atoms with E-state index in [1.165, 1.54) is 18.5 Å². The number of aromatic nitrogens is 3. The van der Waals surface area contributed by atoms with E-state index in [0.717, 1.165) is 68.8 Å². The Balaban J connectivity index is 1.04. The van der Waals surface area contributed by atoms with Gasteiger partial charge in [0.2, 0.25) is 5.91 Å². The number of nitrogens with zero attached hydrogens (tertiary/aromatic N) is 4. The lowest BCUT2D eigenvalue weighted by Gasteiger charge is -2.33. The summed E-state index contributed by atoms with van der Waals surface area (Å²) in [5.41, 5.74) is 3.07. The fourth-order valence-corrected chi connectivity index (χ4v) is 5.56. The van der Waals surface area contributed by atoms with Crippen LogP contribution < -0.4 is 10.2 Å². The third kappa shape index (κ3) is 5.53. The number of aromatic amines is 1. The van der Waals surface area contributed by atoms with Crippen LogP contribution in [0.3, 0.4) is 0 Å². The molecule has 2 saturated heterocycles. The Morgan fingerprint density at radius 3 is 2.74 bits per heavy atom. The zero-order valence-corrected chi connectivity index (χ0v) is 20.3. The first kappa shape index (κ1) is 23.1. The maximum absolute atomic E-state index is 12.6. The van der Waals surface area contributed by atoms with Gasteiger partial charge in [0, 0.05) is 50.2 Å². The van der Waals surface area contributed by atoms with Crippen LogP contribution in [0.4, 0.5) is 5.69 Å². The second kappa shape index (κ2) is 10.7. The zero-order valence-electron chi connectivity index (χ0n) is 19.5. The van der Waals surface area contributed by atoms with Crippen LogP contribution in [-0.2, 0) is 4.79 Å². The van der Waals surface area contributed by atoms with Crippen molar-refractivity contribution in [2.75, 3.05) is 44.2 Å². The van der Waals surface area contributed by atoms with Crippen LogP contribution in [0.5, 0.6) is 0 Å². The maximum Gasteiger partial charge on any atom is 0.234 e. The number of piperidine rings is 2. The molecule has 2 aliphatic rings. The topological polar surface area (TPSA) is 77.2 Å². The molecule has 34 heavy (non-hydrogen) atoms. The lowest BCUT2D eigenvalue weighted by atomic mass is 9.93. The molecule has 1 unspecified atom stereocenters. The number of rotatable bonds is 7. The first-order valence-corrected chi connectivity index (χ1v) is 12.8. The average Bonchev–Trinajstić information content (AvgIpc) is 3.31. The molecule has 1 atom stereocenters. The molecule has 2 aromatic heterocycles. The lowest BCUT2D eigenvalue weighted by molar-refractivity contribution is -0.122. The van der Waals surface area contributed by atoms with Crippen LogP contribution in [-0.4, -0.2) is 65.0 Å². The summed E-state index contributed by atoms with van der Waals surface area (Å²) in [6.45, 7) is 5.17. The van der Waals surface area contributed by atoms with Gasteiger partial charge in [0.1, 0.15) is 11.3 Å². The van der Waals surface area contributed by atoms with Crippen LogP contribution in [0.15, 0.2) is 42.7 Å².